The third kappa shape index (κ3) is 2.22. The van der Waals surface area contributed by atoms with Crippen LogP contribution in [0.25, 0.3) is 0 Å². The Morgan fingerprint density at radius 1 is 0.941 bits per heavy atom. The van der Waals surface area contributed by atoms with E-state index in [2.05, 4.69) is 17.0 Å². The molecule has 0 spiro atoms. The first-order valence-electron chi connectivity index (χ1n) is 5.82. The Kier molecular flexibility index (Phi) is 2.88. The Morgan fingerprint density at radius 3 is 2.24 bits per heavy atom. The molecule has 90 valence electrons. The lowest BCUT2D eigenvalue weighted by Gasteiger charge is -2.29. The number of morpholine rings is 1. The number of ether oxygens (including phenoxy) is 3. The van der Waals surface area contributed by atoms with E-state index in [0.29, 0.717) is 0 Å². The van der Waals surface area contributed by atoms with Gasteiger partial charge < -0.3 is 19.1 Å². The molecule has 0 atom stereocenters. The van der Waals surface area contributed by atoms with Gasteiger partial charge in [0.05, 0.1) is 13.2 Å². The number of anilines is 1. The van der Waals surface area contributed by atoms with Gasteiger partial charge in [0.2, 0.25) is 0 Å². The van der Waals surface area contributed by atoms with Gasteiger partial charge in [0.25, 0.3) is 6.29 Å². The van der Waals surface area contributed by atoms with Crippen molar-refractivity contribution in [1.29, 1.82) is 0 Å². The van der Waals surface area contributed by atoms with Crippen molar-refractivity contribution in [2.24, 2.45) is 0 Å². The molecular weight excluding hydrogens is 218 g/mol. The summed E-state index contributed by atoms with van der Waals surface area (Å²) in [5.41, 5.74) is 2.26. The average molecular weight is 233 g/mol. The monoisotopic (exact) mass is 233 g/mol. The van der Waals surface area contributed by atoms with Gasteiger partial charge in [-0.25, -0.2) is 0 Å². The van der Waals surface area contributed by atoms with Gasteiger partial charge in [-0.2, -0.15) is 0 Å². The number of nitrogens with zero attached hydrogens (tertiary/aromatic N) is 1. The highest BCUT2D eigenvalue weighted by Gasteiger charge is 2.16. The van der Waals surface area contributed by atoms with Crippen molar-refractivity contribution in [2.75, 3.05) is 31.2 Å². The third-order valence-electron chi connectivity index (χ3n) is 3.00. The fourth-order valence-corrected chi connectivity index (χ4v) is 2.06. The zero-order valence-corrected chi connectivity index (χ0v) is 9.54. The molecule has 1 aromatic rings. The fraction of sp³-hybridized carbons (Fsp3) is 0.385. The van der Waals surface area contributed by atoms with E-state index in [1.54, 1.807) is 12.5 Å². The molecule has 2 aliphatic heterocycles. The van der Waals surface area contributed by atoms with Crippen molar-refractivity contribution in [1.82, 2.24) is 0 Å². The lowest BCUT2D eigenvalue weighted by Crippen LogP contribution is -2.36. The van der Waals surface area contributed by atoms with E-state index >= 15 is 0 Å². The van der Waals surface area contributed by atoms with E-state index < -0.39 is 0 Å². The van der Waals surface area contributed by atoms with Gasteiger partial charge in [-0.15, -0.1) is 0 Å². The first kappa shape index (κ1) is 10.5. The second-order valence-corrected chi connectivity index (χ2v) is 4.07. The summed E-state index contributed by atoms with van der Waals surface area (Å²) in [6.07, 6.45) is 2.86. The maximum atomic E-state index is 5.34. The van der Waals surface area contributed by atoms with E-state index in [1.807, 2.05) is 12.1 Å². The summed E-state index contributed by atoms with van der Waals surface area (Å²) in [4.78, 5) is 2.32. The normalized spacial score (nSPS) is 20.1. The largest absolute Gasteiger partial charge is 0.455 e. The van der Waals surface area contributed by atoms with E-state index in [-0.39, 0.29) is 6.29 Å². The Hall–Kier alpha value is -1.68. The molecule has 0 N–H and O–H groups in total. The third-order valence-corrected chi connectivity index (χ3v) is 3.00. The molecule has 0 amide bonds. The molecule has 17 heavy (non-hydrogen) atoms. The molecule has 0 aliphatic carbocycles. The van der Waals surface area contributed by atoms with Crippen LogP contribution in [-0.4, -0.2) is 26.3 Å². The van der Waals surface area contributed by atoms with Crippen LogP contribution in [0.15, 0.2) is 36.8 Å². The summed E-state index contributed by atoms with van der Waals surface area (Å²) in [5, 5.41) is 0. The smallest absolute Gasteiger partial charge is 0.266 e. The number of rotatable bonds is 2. The predicted molar refractivity (Wildman–Crippen MR) is 63.5 cm³/mol. The first-order chi connectivity index (χ1) is 8.43. The summed E-state index contributed by atoms with van der Waals surface area (Å²) < 4.78 is 15.9. The standard InChI is InChI=1S/C13H15NO3/c1-3-12(14-5-7-15-8-6-14)4-2-11(1)13-16-9-10-17-13/h1-4,9-10,13H,5-8H2. The van der Waals surface area contributed by atoms with Crippen LogP contribution in [0.4, 0.5) is 5.69 Å². The Bertz CT molecular complexity index is 388. The minimum absolute atomic E-state index is 0.284. The van der Waals surface area contributed by atoms with Crippen LogP contribution in [0.5, 0.6) is 0 Å². The van der Waals surface area contributed by atoms with Gasteiger partial charge in [0.1, 0.15) is 12.5 Å². The second kappa shape index (κ2) is 4.67. The molecule has 0 radical (unpaired) electrons. The highest BCUT2D eigenvalue weighted by atomic mass is 16.7. The fourth-order valence-electron chi connectivity index (χ4n) is 2.06. The summed E-state index contributed by atoms with van der Waals surface area (Å²) in [6, 6.07) is 8.29. The maximum absolute atomic E-state index is 5.34. The molecule has 1 fully saturated rings. The van der Waals surface area contributed by atoms with E-state index in [4.69, 9.17) is 14.2 Å². The van der Waals surface area contributed by atoms with Crippen LogP contribution in [0, 0.1) is 0 Å². The molecule has 0 bridgehead atoms. The van der Waals surface area contributed by atoms with Gasteiger partial charge in [0, 0.05) is 24.3 Å². The van der Waals surface area contributed by atoms with Crippen molar-refractivity contribution in [3.63, 3.8) is 0 Å². The van der Waals surface area contributed by atoms with Gasteiger partial charge >= 0.3 is 0 Å². The lowest BCUT2D eigenvalue weighted by molar-refractivity contribution is -0.0245. The van der Waals surface area contributed by atoms with E-state index in [1.165, 1.54) is 5.69 Å². The summed E-state index contributed by atoms with van der Waals surface area (Å²) in [5.74, 6) is 0. The number of hydrogen-bond acceptors (Lipinski definition) is 4. The lowest BCUT2D eigenvalue weighted by atomic mass is 10.2. The van der Waals surface area contributed by atoms with Crippen molar-refractivity contribution in [3.8, 4) is 0 Å². The molecule has 2 aliphatic rings. The number of hydrogen-bond donors (Lipinski definition) is 0. The highest BCUT2D eigenvalue weighted by molar-refractivity contribution is 5.48. The Morgan fingerprint density at radius 2 is 1.59 bits per heavy atom. The summed E-state index contributed by atoms with van der Waals surface area (Å²) >= 11 is 0. The zero-order valence-electron chi connectivity index (χ0n) is 9.54. The molecule has 3 rings (SSSR count). The van der Waals surface area contributed by atoms with E-state index in [9.17, 15) is 0 Å². The molecule has 4 heteroatoms. The van der Waals surface area contributed by atoms with Crippen LogP contribution in [0.1, 0.15) is 11.9 Å². The average Bonchev–Trinajstić information content (AvgIpc) is 2.94. The molecule has 4 nitrogen and oxygen atoms in total. The van der Waals surface area contributed by atoms with Crippen molar-refractivity contribution in [2.45, 2.75) is 6.29 Å². The van der Waals surface area contributed by atoms with Crippen molar-refractivity contribution >= 4 is 5.69 Å². The van der Waals surface area contributed by atoms with Gasteiger partial charge in [-0.1, -0.05) is 0 Å². The molecule has 0 aromatic heterocycles. The SMILES string of the molecule is C1=COC(c2ccc(N3CCOCC3)cc2)O1. The Labute approximate surface area is 100 Å². The van der Waals surface area contributed by atoms with Crippen LogP contribution < -0.4 is 4.90 Å². The van der Waals surface area contributed by atoms with Crippen LogP contribution in [0.3, 0.4) is 0 Å². The summed E-state index contributed by atoms with van der Waals surface area (Å²) in [6.45, 7) is 3.52. The minimum Gasteiger partial charge on any atom is -0.455 e. The van der Waals surface area contributed by atoms with Crippen molar-refractivity contribution in [3.05, 3.63) is 42.4 Å². The minimum atomic E-state index is -0.284. The molecule has 2 heterocycles. The Balaban J connectivity index is 1.70. The van der Waals surface area contributed by atoms with Crippen LogP contribution in [-0.2, 0) is 14.2 Å². The van der Waals surface area contributed by atoms with Crippen LogP contribution in [0.2, 0.25) is 0 Å². The molecule has 1 aromatic carbocycles. The summed E-state index contributed by atoms with van der Waals surface area (Å²) in [7, 11) is 0. The highest BCUT2D eigenvalue weighted by Crippen LogP contribution is 2.26. The maximum Gasteiger partial charge on any atom is 0.266 e. The molecular formula is C13H15NO3. The van der Waals surface area contributed by atoms with Gasteiger partial charge in [0.15, 0.2) is 0 Å². The quantitative estimate of drug-likeness (QED) is 0.782. The predicted octanol–water partition coefficient (Wildman–Crippen LogP) is 2.04. The zero-order chi connectivity index (χ0) is 11.5. The van der Waals surface area contributed by atoms with Crippen molar-refractivity contribution < 1.29 is 14.2 Å². The first-order valence-corrected chi connectivity index (χ1v) is 5.82. The van der Waals surface area contributed by atoms with E-state index in [0.717, 1.165) is 31.9 Å². The molecule has 0 unspecified atom stereocenters. The number of benzene rings is 1. The van der Waals surface area contributed by atoms with Crippen LogP contribution >= 0.6 is 0 Å². The second-order valence-electron chi connectivity index (χ2n) is 4.07. The van der Waals surface area contributed by atoms with Gasteiger partial charge in [-0.05, 0) is 24.3 Å². The topological polar surface area (TPSA) is 30.9 Å². The van der Waals surface area contributed by atoms with Gasteiger partial charge in [-0.3, -0.25) is 0 Å². The molecule has 1 saturated heterocycles. The molecule has 0 saturated carbocycles.